The number of benzene rings is 8. The number of anilines is 3. The second-order valence-electron chi connectivity index (χ2n) is 13.8. The van der Waals surface area contributed by atoms with Gasteiger partial charge in [0, 0.05) is 49.4 Å². The summed E-state index contributed by atoms with van der Waals surface area (Å²) in [4.78, 5) is 2.44. The highest BCUT2D eigenvalue weighted by atomic mass is 32.1. The van der Waals surface area contributed by atoms with Crippen molar-refractivity contribution in [3.63, 3.8) is 0 Å². The Hall–Kier alpha value is -6.68. The van der Waals surface area contributed by atoms with E-state index in [2.05, 4.69) is 204 Å². The fraction of sp³-hybridized carbons (Fsp3) is 0. The maximum absolute atomic E-state index is 2.44. The third-order valence-electron chi connectivity index (χ3n) is 10.8. The minimum atomic E-state index is 1.12. The standard InChI is InChI=1S/C50H32N2S/c1-2-13-35(14-3-1)49-44-18-6-8-21-45(44)51-32-37-30-39(29-26-36(37)31-47(49)51)52(46-22-11-20-43-42-17-7-9-23-48(42)53-50(43)46)38-27-24-34(25-28-38)41-19-10-15-33-12-4-5-16-40(33)41/h1-32H. The molecule has 0 atom stereocenters. The minimum absolute atomic E-state index is 1.12. The highest BCUT2D eigenvalue weighted by Crippen LogP contribution is 2.46. The lowest BCUT2D eigenvalue weighted by molar-refractivity contribution is 1.27. The van der Waals surface area contributed by atoms with Crippen LogP contribution in [0.3, 0.4) is 0 Å². The molecule has 0 aliphatic heterocycles. The minimum Gasteiger partial charge on any atom is -0.315 e. The van der Waals surface area contributed by atoms with Crippen molar-refractivity contribution in [2.45, 2.75) is 0 Å². The van der Waals surface area contributed by atoms with Crippen LogP contribution in [0.4, 0.5) is 17.1 Å². The average molecular weight is 693 g/mol. The Morgan fingerprint density at radius 1 is 0.415 bits per heavy atom. The van der Waals surface area contributed by atoms with Gasteiger partial charge in [-0.05, 0) is 81.4 Å². The average Bonchev–Trinajstić information content (AvgIpc) is 3.76. The number of fused-ring (bicyclic) bond motifs is 8. The highest BCUT2D eigenvalue weighted by Gasteiger charge is 2.20. The zero-order valence-electron chi connectivity index (χ0n) is 28.8. The molecule has 0 radical (unpaired) electrons. The molecule has 248 valence electrons. The van der Waals surface area contributed by atoms with Gasteiger partial charge in [-0.2, -0.15) is 0 Å². The van der Waals surface area contributed by atoms with E-state index in [1.54, 1.807) is 0 Å². The predicted octanol–water partition coefficient (Wildman–Crippen LogP) is 14.6. The van der Waals surface area contributed by atoms with Gasteiger partial charge in [-0.1, -0.05) is 140 Å². The smallest absolute Gasteiger partial charge is 0.0640 e. The van der Waals surface area contributed by atoms with Crippen molar-refractivity contribution >= 4 is 86.5 Å². The molecule has 3 heterocycles. The van der Waals surface area contributed by atoms with Crippen LogP contribution in [0.15, 0.2) is 194 Å². The molecule has 0 aliphatic carbocycles. The van der Waals surface area contributed by atoms with Crippen molar-refractivity contribution in [3.05, 3.63) is 194 Å². The van der Waals surface area contributed by atoms with E-state index in [9.17, 15) is 0 Å². The Morgan fingerprint density at radius 2 is 1.11 bits per heavy atom. The summed E-state index contributed by atoms with van der Waals surface area (Å²) in [7, 11) is 0. The van der Waals surface area contributed by atoms with Crippen molar-refractivity contribution in [2.75, 3.05) is 4.90 Å². The van der Waals surface area contributed by atoms with Crippen LogP contribution in [0, 0.1) is 0 Å². The van der Waals surface area contributed by atoms with Gasteiger partial charge in [0.2, 0.25) is 0 Å². The van der Waals surface area contributed by atoms with Crippen LogP contribution in [-0.2, 0) is 0 Å². The van der Waals surface area contributed by atoms with Crippen LogP contribution in [0.25, 0.3) is 80.4 Å². The Kier molecular flexibility index (Phi) is 6.76. The fourth-order valence-electron chi connectivity index (χ4n) is 8.31. The number of rotatable bonds is 5. The monoisotopic (exact) mass is 692 g/mol. The SMILES string of the molecule is c1ccc(-c2c3ccccc3n3cc4cc(N(c5ccc(-c6cccc7ccccc67)cc5)c5cccc6c5sc5ccccc56)ccc4cc23)cc1. The third kappa shape index (κ3) is 4.78. The summed E-state index contributed by atoms with van der Waals surface area (Å²) < 4.78 is 4.96. The molecule has 3 heteroatoms. The summed E-state index contributed by atoms with van der Waals surface area (Å²) in [5, 5.41) is 8.78. The molecule has 0 fully saturated rings. The number of para-hydroxylation sites is 1. The van der Waals surface area contributed by atoms with E-state index < -0.39 is 0 Å². The van der Waals surface area contributed by atoms with Gasteiger partial charge in [0.15, 0.2) is 0 Å². The predicted molar refractivity (Wildman–Crippen MR) is 228 cm³/mol. The van der Waals surface area contributed by atoms with Crippen LogP contribution in [-0.4, -0.2) is 4.40 Å². The number of hydrogen-bond acceptors (Lipinski definition) is 2. The number of nitrogens with zero attached hydrogens (tertiary/aromatic N) is 2. The Labute approximate surface area is 311 Å². The summed E-state index contributed by atoms with van der Waals surface area (Å²) in [6.07, 6.45) is 2.32. The first kappa shape index (κ1) is 30.0. The molecule has 11 aromatic rings. The normalized spacial score (nSPS) is 11.8. The maximum atomic E-state index is 2.44. The highest BCUT2D eigenvalue weighted by molar-refractivity contribution is 7.26. The second kappa shape index (κ2) is 11.9. The Bertz CT molecular complexity index is 3160. The van der Waals surface area contributed by atoms with Crippen LogP contribution in [0.2, 0.25) is 0 Å². The van der Waals surface area contributed by atoms with Crippen LogP contribution in [0.5, 0.6) is 0 Å². The molecule has 0 aliphatic rings. The van der Waals surface area contributed by atoms with E-state index in [1.807, 2.05) is 11.3 Å². The van der Waals surface area contributed by atoms with E-state index in [-0.39, 0.29) is 0 Å². The molecule has 2 nitrogen and oxygen atoms in total. The fourth-order valence-corrected chi connectivity index (χ4v) is 9.51. The molecule has 8 aromatic carbocycles. The maximum Gasteiger partial charge on any atom is 0.0640 e. The molecule has 0 spiro atoms. The van der Waals surface area contributed by atoms with Crippen LogP contribution >= 0.6 is 11.3 Å². The molecule has 3 aromatic heterocycles. The molecule has 53 heavy (non-hydrogen) atoms. The van der Waals surface area contributed by atoms with Gasteiger partial charge in [0.05, 0.1) is 21.4 Å². The lowest BCUT2D eigenvalue weighted by atomic mass is 9.98. The van der Waals surface area contributed by atoms with Gasteiger partial charge < -0.3 is 9.30 Å². The molecule has 0 unspecified atom stereocenters. The molecule has 0 saturated heterocycles. The molecular weight excluding hydrogens is 661 g/mol. The number of thiophene rings is 1. The van der Waals surface area contributed by atoms with E-state index in [0.29, 0.717) is 0 Å². The first-order valence-corrected chi connectivity index (χ1v) is 18.9. The first-order valence-electron chi connectivity index (χ1n) is 18.1. The van der Waals surface area contributed by atoms with E-state index in [4.69, 9.17) is 0 Å². The topological polar surface area (TPSA) is 7.65 Å². The molecule has 0 bridgehead atoms. The Morgan fingerprint density at radius 3 is 2.00 bits per heavy atom. The summed E-state index contributed by atoms with van der Waals surface area (Å²) in [6.45, 7) is 0. The lowest BCUT2D eigenvalue weighted by Gasteiger charge is -2.27. The molecule has 0 N–H and O–H groups in total. The van der Waals surface area contributed by atoms with Crippen molar-refractivity contribution < 1.29 is 0 Å². The summed E-state index contributed by atoms with van der Waals surface area (Å²) in [6, 6.07) is 68.6. The number of pyridine rings is 1. The van der Waals surface area contributed by atoms with Crippen molar-refractivity contribution in [1.82, 2.24) is 4.40 Å². The van der Waals surface area contributed by atoms with Gasteiger partial charge in [0.1, 0.15) is 0 Å². The lowest BCUT2D eigenvalue weighted by Crippen LogP contribution is -2.10. The van der Waals surface area contributed by atoms with Gasteiger partial charge in [-0.25, -0.2) is 0 Å². The van der Waals surface area contributed by atoms with E-state index >= 15 is 0 Å². The largest absolute Gasteiger partial charge is 0.315 e. The third-order valence-corrected chi connectivity index (χ3v) is 12.0. The van der Waals surface area contributed by atoms with Crippen LogP contribution in [0.1, 0.15) is 0 Å². The molecule has 11 rings (SSSR count). The van der Waals surface area contributed by atoms with Crippen LogP contribution < -0.4 is 4.90 Å². The van der Waals surface area contributed by atoms with Crippen molar-refractivity contribution in [1.29, 1.82) is 0 Å². The number of aromatic nitrogens is 1. The Balaban J connectivity index is 1.12. The summed E-state index contributed by atoms with van der Waals surface area (Å²) in [5.74, 6) is 0. The van der Waals surface area contributed by atoms with E-state index in [1.165, 1.54) is 86.1 Å². The molecular formula is C50H32N2S. The zero-order valence-corrected chi connectivity index (χ0v) is 29.6. The first-order chi connectivity index (χ1) is 26.3. The van der Waals surface area contributed by atoms with Gasteiger partial charge in [0.25, 0.3) is 0 Å². The van der Waals surface area contributed by atoms with Gasteiger partial charge in [-0.15, -0.1) is 11.3 Å². The summed E-state index contributed by atoms with van der Waals surface area (Å²) in [5.41, 5.74) is 10.8. The van der Waals surface area contributed by atoms with Gasteiger partial charge >= 0.3 is 0 Å². The van der Waals surface area contributed by atoms with Crippen molar-refractivity contribution in [2.24, 2.45) is 0 Å². The second-order valence-corrected chi connectivity index (χ2v) is 14.8. The molecule has 0 saturated carbocycles. The molecule has 0 amide bonds. The quantitative estimate of drug-likeness (QED) is 0.174. The van der Waals surface area contributed by atoms with Gasteiger partial charge in [-0.3, -0.25) is 0 Å². The van der Waals surface area contributed by atoms with E-state index in [0.717, 1.165) is 11.4 Å². The van der Waals surface area contributed by atoms with Crippen molar-refractivity contribution in [3.8, 4) is 22.3 Å². The number of hydrogen-bond donors (Lipinski definition) is 0. The zero-order chi connectivity index (χ0) is 34.9. The summed E-state index contributed by atoms with van der Waals surface area (Å²) >= 11 is 1.87.